The molecule has 1 aromatic heterocycles. The number of amides is 1. The number of piperidine rings is 1. The number of carbonyl (C=O) groups is 1. The van der Waals surface area contributed by atoms with Gasteiger partial charge in [-0.15, -0.1) is 5.10 Å². The van der Waals surface area contributed by atoms with Crippen LogP contribution in [0.1, 0.15) is 66.6 Å². The van der Waals surface area contributed by atoms with E-state index in [1.807, 2.05) is 15.8 Å². The number of aromatic nitrogens is 3. The number of nitrogens with one attached hydrogen (secondary N) is 1. The average Bonchev–Trinajstić information content (AvgIpc) is 3.21. The fourth-order valence-electron chi connectivity index (χ4n) is 4.74. The van der Waals surface area contributed by atoms with Crippen LogP contribution < -0.4 is 5.32 Å². The minimum Gasteiger partial charge on any atom is -0.330 e. The quantitative estimate of drug-likeness (QED) is 0.812. The summed E-state index contributed by atoms with van der Waals surface area (Å²) in [6, 6.07) is 8.76. The lowest BCUT2D eigenvalue weighted by Gasteiger charge is -2.34. The van der Waals surface area contributed by atoms with Crippen molar-refractivity contribution in [3.8, 4) is 0 Å². The Morgan fingerprint density at radius 1 is 1.21 bits per heavy atom. The summed E-state index contributed by atoms with van der Waals surface area (Å²) in [6.07, 6.45) is 10.1. The molecule has 1 saturated heterocycles. The van der Waals surface area contributed by atoms with E-state index in [4.69, 9.17) is 0 Å². The zero-order valence-electron chi connectivity index (χ0n) is 17.5. The lowest BCUT2D eigenvalue weighted by atomic mass is 9.93. The molecule has 6 heteroatoms. The van der Waals surface area contributed by atoms with Gasteiger partial charge in [0.1, 0.15) is 0 Å². The van der Waals surface area contributed by atoms with E-state index in [0.717, 1.165) is 32.5 Å². The maximum absolute atomic E-state index is 13.4. The molecular weight excluding hydrogens is 362 g/mol. The molecule has 0 spiro atoms. The zero-order chi connectivity index (χ0) is 20.1. The normalized spacial score (nSPS) is 20.5. The van der Waals surface area contributed by atoms with E-state index in [-0.39, 0.29) is 5.91 Å². The number of hydrogen-bond donors (Lipinski definition) is 1. The minimum atomic E-state index is 0.0198. The number of aryl methyl sites for hydroxylation is 1. The van der Waals surface area contributed by atoms with Crippen LogP contribution in [0.3, 0.4) is 0 Å². The summed E-state index contributed by atoms with van der Waals surface area (Å²) in [7, 11) is 0. The standard InChI is InChI=1S/C23H33N5O/c1-18-7-5-8-19(13-18)16-28(21-10-3-2-4-11-21)23(29)22-17-27(26-25-22)15-20-9-6-12-24-14-20/h5,7-8,13,17,20-21,24H,2-4,6,9-12,14-16H2,1H3/t20-/m1/s1. The lowest BCUT2D eigenvalue weighted by Crippen LogP contribution is -2.41. The average molecular weight is 396 g/mol. The molecular formula is C23H33N5O. The summed E-state index contributed by atoms with van der Waals surface area (Å²) in [5.41, 5.74) is 2.89. The second-order valence-electron chi connectivity index (χ2n) is 8.75. The summed E-state index contributed by atoms with van der Waals surface area (Å²) >= 11 is 0. The predicted molar refractivity (Wildman–Crippen MR) is 114 cm³/mol. The molecule has 0 bridgehead atoms. The van der Waals surface area contributed by atoms with E-state index >= 15 is 0 Å². The van der Waals surface area contributed by atoms with Crippen LogP contribution in [0.2, 0.25) is 0 Å². The fraction of sp³-hybridized carbons (Fsp3) is 0.609. The van der Waals surface area contributed by atoms with Crippen molar-refractivity contribution in [1.82, 2.24) is 25.2 Å². The van der Waals surface area contributed by atoms with Gasteiger partial charge in [-0.25, -0.2) is 0 Å². The van der Waals surface area contributed by atoms with E-state index in [1.54, 1.807) is 0 Å². The van der Waals surface area contributed by atoms with Gasteiger partial charge in [-0.2, -0.15) is 0 Å². The molecule has 156 valence electrons. The Morgan fingerprint density at radius 2 is 2.07 bits per heavy atom. The highest BCUT2D eigenvalue weighted by Crippen LogP contribution is 2.25. The molecule has 1 aliphatic heterocycles. The molecule has 2 aliphatic rings. The van der Waals surface area contributed by atoms with E-state index in [2.05, 4.69) is 46.8 Å². The van der Waals surface area contributed by atoms with Crippen LogP contribution in [0.4, 0.5) is 0 Å². The highest BCUT2D eigenvalue weighted by atomic mass is 16.2. The summed E-state index contributed by atoms with van der Waals surface area (Å²) in [6.45, 7) is 5.69. The summed E-state index contributed by atoms with van der Waals surface area (Å²) < 4.78 is 1.86. The molecule has 1 amide bonds. The number of rotatable bonds is 6. The molecule has 29 heavy (non-hydrogen) atoms. The number of hydrogen-bond acceptors (Lipinski definition) is 4. The molecule has 2 aromatic rings. The molecule has 1 atom stereocenters. The van der Waals surface area contributed by atoms with E-state index in [9.17, 15) is 4.79 Å². The van der Waals surface area contributed by atoms with E-state index in [0.29, 0.717) is 24.2 Å². The van der Waals surface area contributed by atoms with Gasteiger partial charge < -0.3 is 10.2 Å². The van der Waals surface area contributed by atoms with Crippen LogP contribution in [-0.2, 0) is 13.1 Å². The third-order valence-electron chi connectivity index (χ3n) is 6.31. The third kappa shape index (κ3) is 5.24. The van der Waals surface area contributed by atoms with Crippen molar-refractivity contribution in [3.63, 3.8) is 0 Å². The molecule has 1 saturated carbocycles. The smallest absolute Gasteiger partial charge is 0.276 e. The molecule has 4 rings (SSSR count). The Hall–Kier alpha value is -2.21. The Morgan fingerprint density at radius 3 is 2.83 bits per heavy atom. The maximum Gasteiger partial charge on any atom is 0.276 e. The van der Waals surface area contributed by atoms with Gasteiger partial charge in [0.2, 0.25) is 0 Å². The lowest BCUT2D eigenvalue weighted by molar-refractivity contribution is 0.0608. The first-order valence-electron chi connectivity index (χ1n) is 11.2. The van der Waals surface area contributed by atoms with E-state index < -0.39 is 0 Å². The molecule has 1 N–H and O–H groups in total. The number of nitrogens with zero attached hydrogens (tertiary/aromatic N) is 4. The van der Waals surface area contributed by atoms with Crippen LogP contribution in [0.25, 0.3) is 0 Å². The van der Waals surface area contributed by atoms with Crippen molar-refractivity contribution in [2.75, 3.05) is 13.1 Å². The van der Waals surface area contributed by atoms with Crippen LogP contribution in [-0.4, -0.2) is 44.9 Å². The van der Waals surface area contributed by atoms with Gasteiger partial charge in [0.05, 0.1) is 6.20 Å². The van der Waals surface area contributed by atoms with Gasteiger partial charge in [0.15, 0.2) is 5.69 Å². The van der Waals surface area contributed by atoms with Crippen molar-refractivity contribution in [1.29, 1.82) is 0 Å². The van der Waals surface area contributed by atoms with Crippen LogP contribution in [0, 0.1) is 12.8 Å². The molecule has 0 unspecified atom stereocenters. The van der Waals surface area contributed by atoms with Crippen LogP contribution >= 0.6 is 0 Å². The van der Waals surface area contributed by atoms with Gasteiger partial charge in [0, 0.05) is 19.1 Å². The first-order valence-corrected chi connectivity index (χ1v) is 11.2. The monoisotopic (exact) mass is 395 g/mol. The molecule has 2 fully saturated rings. The number of carbonyl (C=O) groups excluding carboxylic acids is 1. The minimum absolute atomic E-state index is 0.0198. The first-order chi connectivity index (χ1) is 14.2. The molecule has 1 aliphatic carbocycles. The summed E-state index contributed by atoms with van der Waals surface area (Å²) in [5, 5.41) is 12.0. The largest absolute Gasteiger partial charge is 0.330 e. The van der Waals surface area contributed by atoms with Gasteiger partial charge in [-0.1, -0.05) is 54.3 Å². The second kappa shape index (κ2) is 9.53. The van der Waals surface area contributed by atoms with Gasteiger partial charge in [-0.05, 0) is 57.2 Å². The van der Waals surface area contributed by atoms with Crippen LogP contribution in [0.15, 0.2) is 30.5 Å². The van der Waals surface area contributed by atoms with Gasteiger partial charge in [0.25, 0.3) is 5.91 Å². The highest BCUT2D eigenvalue weighted by Gasteiger charge is 2.28. The van der Waals surface area contributed by atoms with E-state index in [1.165, 1.54) is 43.2 Å². The fourth-order valence-corrected chi connectivity index (χ4v) is 4.74. The number of benzene rings is 1. The predicted octanol–water partition coefficient (Wildman–Crippen LogP) is 3.56. The zero-order valence-corrected chi connectivity index (χ0v) is 17.5. The topological polar surface area (TPSA) is 63.1 Å². The van der Waals surface area contributed by atoms with Crippen molar-refractivity contribution in [2.45, 2.75) is 71.0 Å². The van der Waals surface area contributed by atoms with Crippen molar-refractivity contribution in [2.24, 2.45) is 5.92 Å². The molecule has 1 aromatic carbocycles. The Kier molecular flexibility index (Phi) is 6.60. The SMILES string of the molecule is Cc1cccc(CN(C(=O)c2cn(C[C@@H]3CCCNC3)nn2)C2CCCCC2)c1. The van der Waals surface area contributed by atoms with Crippen LogP contribution in [0.5, 0.6) is 0 Å². The highest BCUT2D eigenvalue weighted by molar-refractivity contribution is 5.92. The van der Waals surface area contributed by atoms with Crippen molar-refractivity contribution in [3.05, 3.63) is 47.3 Å². The molecule has 2 heterocycles. The molecule has 0 radical (unpaired) electrons. The Labute approximate surface area is 173 Å². The molecule has 6 nitrogen and oxygen atoms in total. The maximum atomic E-state index is 13.4. The Bertz CT molecular complexity index is 805. The van der Waals surface area contributed by atoms with Gasteiger partial charge in [-0.3, -0.25) is 9.48 Å². The first kappa shape index (κ1) is 20.1. The van der Waals surface area contributed by atoms with Gasteiger partial charge >= 0.3 is 0 Å². The Balaban J connectivity index is 1.49. The second-order valence-corrected chi connectivity index (χ2v) is 8.75. The third-order valence-corrected chi connectivity index (χ3v) is 6.31. The van der Waals surface area contributed by atoms with Crippen molar-refractivity contribution < 1.29 is 4.79 Å². The van der Waals surface area contributed by atoms with Crippen molar-refractivity contribution >= 4 is 5.91 Å². The summed E-state index contributed by atoms with van der Waals surface area (Å²) in [5.74, 6) is 0.585. The summed E-state index contributed by atoms with van der Waals surface area (Å²) in [4.78, 5) is 15.5.